The van der Waals surface area contributed by atoms with Crippen molar-refractivity contribution in [3.63, 3.8) is 0 Å². The van der Waals surface area contributed by atoms with Gasteiger partial charge in [0, 0.05) is 5.56 Å². The number of benzene rings is 1. The van der Waals surface area contributed by atoms with Gasteiger partial charge in [-0.25, -0.2) is 13.2 Å². The quantitative estimate of drug-likeness (QED) is 0.346. The first kappa shape index (κ1) is 21.3. The second kappa shape index (κ2) is 11.0. The van der Waals surface area contributed by atoms with Crippen LogP contribution >= 0.6 is 0 Å². The average Bonchev–Trinajstić information content (AvgIpc) is 2.62. The molecule has 6 nitrogen and oxygen atoms in total. The van der Waals surface area contributed by atoms with Crippen LogP contribution in [-0.2, 0) is 10.0 Å². The fourth-order valence-corrected chi connectivity index (χ4v) is 3.33. The number of nitrogens with zero attached hydrogens (tertiary/aromatic N) is 1. The van der Waals surface area contributed by atoms with E-state index in [-0.39, 0.29) is 5.75 Å². The summed E-state index contributed by atoms with van der Waals surface area (Å²) in [6, 6.07) is 5.33. The average molecular weight is 371 g/mol. The number of sulfonamides is 1. The summed E-state index contributed by atoms with van der Waals surface area (Å²) in [6.45, 7) is 3.90. The SMILES string of the molecule is CCCCCCCCS(=O)(=O)N/N=C(\C)c1ccc(OC)c(OC)c1. The van der Waals surface area contributed by atoms with Crippen molar-refractivity contribution in [1.82, 2.24) is 4.83 Å². The van der Waals surface area contributed by atoms with E-state index in [9.17, 15) is 8.42 Å². The van der Waals surface area contributed by atoms with E-state index in [1.54, 1.807) is 33.3 Å². The fraction of sp³-hybridized carbons (Fsp3) is 0.611. The summed E-state index contributed by atoms with van der Waals surface area (Å²) in [5.74, 6) is 1.29. The lowest BCUT2D eigenvalue weighted by Crippen LogP contribution is -2.23. The van der Waals surface area contributed by atoms with Crippen LogP contribution in [0, 0.1) is 0 Å². The van der Waals surface area contributed by atoms with E-state index in [0.29, 0.717) is 23.6 Å². The van der Waals surface area contributed by atoms with E-state index in [1.165, 1.54) is 19.3 Å². The van der Waals surface area contributed by atoms with Crippen molar-refractivity contribution < 1.29 is 17.9 Å². The van der Waals surface area contributed by atoms with Gasteiger partial charge in [0.1, 0.15) is 0 Å². The maximum Gasteiger partial charge on any atom is 0.247 e. The second-order valence-electron chi connectivity index (χ2n) is 5.94. The van der Waals surface area contributed by atoms with E-state index < -0.39 is 10.0 Å². The number of hydrogen-bond donors (Lipinski definition) is 1. The van der Waals surface area contributed by atoms with E-state index in [2.05, 4.69) is 16.9 Å². The van der Waals surface area contributed by atoms with E-state index in [0.717, 1.165) is 18.4 Å². The Labute approximate surface area is 151 Å². The molecule has 0 heterocycles. The van der Waals surface area contributed by atoms with Crippen LogP contribution in [0.25, 0.3) is 0 Å². The van der Waals surface area contributed by atoms with Crippen LogP contribution < -0.4 is 14.3 Å². The molecule has 0 aliphatic heterocycles. The predicted octanol–water partition coefficient (Wildman–Crippen LogP) is 3.71. The van der Waals surface area contributed by atoms with Crippen molar-refractivity contribution in [3.05, 3.63) is 23.8 Å². The summed E-state index contributed by atoms with van der Waals surface area (Å²) >= 11 is 0. The first-order valence-electron chi connectivity index (χ1n) is 8.69. The van der Waals surface area contributed by atoms with Crippen LogP contribution in [0.15, 0.2) is 23.3 Å². The summed E-state index contributed by atoms with van der Waals surface area (Å²) in [4.78, 5) is 2.31. The maximum atomic E-state index is 12.0. The van der Waals surface area contributed by atoms with Gasteiger partial charge in [-0.1, -0.05) is 39.0 Å². The number of methoxy groups -OCH3 is 2. The van der Waals surface area contributed by atoms with Gasteiger partial charge in [-0.2, -0.15) is 5.10 Å². The van der Waals surface area contributed by atoms with Crippen LogP contribution in [0.4, 0.5) is 0 Å². The molecule has 0 aliphatic carbocycles. The molecule has 0 fully saturated rings. The third kappa shape index (κ3) is 7.77. The van der Waals surface area contributed by atoms with Gasteiger partial charge in [0.2, 0.25) is 10.0 Å². The summed E-state index contributed by atoms with van der Waals surface area (Å²) in [5, 5.41) is 4.01. The van der Waals surface area contributed by atoms with Crippen LogP contribution in [0.2, 0.25) is 0 Å². The van der Waals surface area contributed by atoms with Crippen molar-refractivity contribution in [2.75, 3.05) is 20.0 Å². The zero-order valence-corrected chi connectivity index (χ0v) is 16.5. The van der Waals surface area contributed by atoms with E-state index in [4.69, 9.17) is 9.47 Å². The molecule has 0 saturated carbocycles. The fourth-order valence-electron chi connectivity index (χ4n) is 2.38. The highest BCUT2D eigenvalue weighted by Crippen LogP contribution is 2.27. The molecule has 0 atom stereocenters. The zero-order valence-electron chi connectivity index (χ0n) is 15.7. The molecule has 1 aromatic rings. The highest BCUT2D eigenvalue weighted by Gasteiger charge is 2.10. The number of rotatable bonds is 12. The first-order chi connectivity index (χ1) is 11.9. The van der Waals surface area contributed by atoms with E-state index in [1.807, 2.05) is 6.07 Å². The number of hydrogen-bond acceptors (Lipinski definition) is 5. The number of unbranched alkanes of at least 4 members (excludes halogenated alkanes) is 5. The zero-order chi connectivity index (χ0) is 18.7. The Morgan fingerprint density at radius 1 is 1.04 bits per heavy atom. The molecule has 0 unspecified atom stereocenters. The molecule has 7 heteroatoms. The summed E-state index contributed by atoms with van der Waals surface area (Å²) < 4.78 is 34.5. The van der Waals surface area contributed by atoms with Crippen LogP contribution in [0.3, 0.4) is 0 Å². The van der Waals surface area contributed by atoms with Gasteiger partial charge in [0.25, 0.3) is 0 Å². The lowest BCUT2D eigenvalue weighted by atomic mass is 10.1. The van der Waals surface area contributed by atoms with E-state index >= 15 is 0 Å². The molecule has 0 bridgehead atoms. The van der Waals surface area contributed by atoms with Crippen molar-refractivity contribution in [2.45, 2.75) is 52.4 Å². The molecule has 0 aliphatic rings. The Bertz CT molecular complexity index is 657. The van der Waals surface area contributed by atoms with Crippen molar-refractivity contribution in [1.29, 1.82) is 0 Å². The molecule has 25 heavy (non-hydrogen) atoms. The van der Waals surface area contributed by atoms with Crippen LogP contribution in [0.1, 0.15) is 57.9 Å². The minimum atomic E-state index is -3.40. The number of ether oxygens (including phenoxy) is 2. The molecule has 1 rings (SSSR count). The van der Waals surface area contributed by atoms with Gasteiger partial charge in [-0.15, -0.1) is 0 Å². The smallest absolute Gasteiger partial charge is 0.247 e. The molecular formula is C18H30N2O4S. The number of nitrogens with one attached hydrogen (secondary N) is 1. The van der Waals surface area contributed by atoms with Gasteiger partial charge < -0.3 is 9.47 Å². The Hall–Kier alpha value is -1.76. The lowest BCUT2D eigenvalue weighted by Gasteiger charge is -2.10. The Morgan fingerprint density at radius 2 is 1.68 bits per heavy atom. The third-order valence-corrected chi connectivity index (χ3v) is 5.12. The molecule has 142 valence electrons. The molecular weight excluding hydrogens is 340 g/mol. The van der Waals surface area contributed by atoms with Crippen molar-refractivity contribution in [3.8, 4) is 11.5 Å². The summed E-state index contributed by atoms with van der Waals surface area (Å²) in [6.07, 6.45) is 6.23. The van der Waals surface area contributed by atoms with Gasteiger partial charge in [0.15, 0.2) is 11.5 Å². The standard InChI is InChI=1S/C18H30N2O4S/c1-5-6-7-8-9-10-13-25(21,22)20-19-15(2)16-11-12-17(23-3)18(14-16)24-4/h11-12,14,20H,5-10,13H2,1-4H3/b19-15+. The summed E-state index contributed by atoms with van der Waals surface area (Å²) in [5.41, 5.74) is 1.33. The Balaban J connectivity index is 2.58. The highest BCUT2D eigenvalue weighted by atomic mass is 32.2. The minimum absolute atomic E-state index is 0.0990. The van der Waals surface area contributed by atoms with Gasteiger partial charge in [-0.05, 0) is 31.5 Å². The molecule has 0 saturated heterocycles. The van der Waals surface area contributed by atoms with Crippen LogP contribution in [0.5, 0.6) is 11.5 Å². The van der Waals surface area contributed by atoms with Crippen LogP contribution in [-0.4, -0.2) is 34.1 Å². The second-order valence-corrected chi connectivity index (χ2v) is 7.77. The van der Waals surface area contributed by atoms with Gasteiger partial charge in [0.05, 0.1) is 25.7 Å². The molecule has 1 aromatic carbocycles. The topological polar surface area (TPSA) is 77.0 Å². The first-order valence-corrected chi connectivity index (χ1v) is 10.3. The molecule has 1 N–H and O–H groups in total. The number of hydrazone groups is 1. The monoisotopic (exact) mass is 370 g/mol. The largest absolute Gasteiger partial charge is 0.493 e. The third-order valence-electron chi connectivity index (χ3n) is 3.92. The maximum absolute atomic E-state index is 12.0. The van der Waals surface area contributed by atoms with Crippen molar-refractivity contribution >= 4 is 15.7 Å². The van der Waals surface area contributed by atoms with Gasteiger partial charge >= 0.3 is 0 Å². The Kier molecular flexibility index (Phi) is 9.34. The molecule has 0 spiro atoms. The van der Waals surface area contributed by atoms with Crippen molar-refractivity contribution in [2.24, 2.45) is 5.10 Å². The normalized spacial score (nSPS) is 12.1. The lowest BCUT2D eigenvalue weighted by molar-refractivity contribution is 0.355. The Morgan fingerprint density at radius 3 is 2.32 bits per heavy atom. The van der Waals surface area contributed by atoms with Gasteiger partial charge in [-0.3, -0.25) is 0 Å². The summed E-state index contributed by atoms with van der Waals surface area (Å²) in [7, 11) is -0.282. The highest BCUT2D eigenvalue weighted by molar-refractivity contribution is 7.89. The molecule has 0 amide bonds. The molecule has 0 aromatic heterocycles. The minimum Gasteiger partial charge on any atom is -0.493 e. The molecule has 0 radical (unpaired) electrons. The predicted molar refractivity (Wildman–Crippen MR) is 102 cm³/mol.